The number of carbonyl (C=O) groups is 1. The fourth-order valence-electron chi connectivity index (χ4n) is 2.32. The van der Waals surface area contributed by atoms with E-state index in [0.717, 1.165) is 0 Å². The lowest BCUT2D eigenvalue weighted by molar-refractivity contribution is -0.139. The Balaban J connectivity index is 2.40. The minimum atomic E-state index is -3.93. The van der Waals surface area contributed by atoms with Gasteiger partial charge in [0, 0.05) is 5.56 Å². The van der Waals surface area contributed by atoms with Gasteiger partial charge in [-0.3, -0.25) is 4.72 Å². The van der Waals surface area contributed by atoms with Crippen LogP contribution in [0.2, 0.25) is 0 Å². The van der Waals surface area contributed by atoms with Gasteiger partial charge in [0.15, 0.2) is 6.61 Å². The van der Waals surface area contributed by atoms with Crippen molar-refractivity contribution < 1.29 is 23.1 Å². The number of nitriles is 1. The molecule has 130 valence electrons. The number of carboxylic acids is 1. The molecule has 0 heterocycles. The Labute approximate surface area is 145 Å². The highest BCUT2D eigenvalue weighted by molar-refractivity contribution is 7.92. The van der Waals surface area contributed by atoms with Crippen LogP contribution in [0.3, 0.4) is 0 Å². The molecular formula is C17H16N2O5S. The molecule has 25 heavy (non-hydrogen) atoms. The summed E-state index contributed by atoms with van der Waals surface area (Å²) in [6, 6.07) is 11.0. The van der Waals surface area contributed by atoms with Crippen LogP contribution in [0.1, 0.15) is 16.7 Å². The molecule has 8 heteroatoms. The summed E-state index contributed by atoms with van der Waals surface area (Å²) >= 11 is 0. The van der Waals surface area contributed by atoms with Crippen LogP contribution in [0.4, 0.5) is 5.69 Å². The van der Waals surface area contributed by atoms with E-state index in [1.807, 2.05) is 6.07 Å². The largest absolute Gasteiger partial charge is 0.481 e. The van der Waals surface area contributed by atoms with Crippen molar-refractivity contribution in [3.8, 4) is 11.8 Å². The molecule has 2 rings (SSSR count). The van der Waals surface area contributed by atoms with Gasteiger partial charge in [0.1, 0.15) is 5.75 Å². The number of nitrogens with one attached hydrogen (secondary N) is 1. The van der Waals surface area contributed by atoms with Crippen LogP contribution >= 0.6 is 0 Å². The summed E-state index contributed by atoms with van der Waals surface area (Å²) in [5.74, 6) is -0.936. The molecule has 0 unspecified atom stereocenters. The molecule has 0 bridgehead atoms. The quantitative estimate of drug-likeness (QED) is 0.817. The molecule has 0 aliphatic carbocycles. The number of hydrogen-bond donors (Lipinski definition) is 2. The van der Waals surface area contributed by atoms with Crippen molar-refractivity contribution in [3.63, 3.8) is 0 Å². The second-order valence-electron chi connectivity index (χ2n) is 5.32. The maximum atomic E-state index is 12.7. The normalized spacial score (nSPS) is 10.8. The first-order chi connectivity index (χ1) is 11.7. The Hall–Kier alpha value is -3.05. The van der Waals surface area contributed by atoms with Gasteiger partial charge in [-0.25, -0.2) is 13.2 Å². The molecule has 0 atom stereocenters. The number of aryl methyl sites for hydroxylation is 1. The molecule has 2 aromatic rings. The highest BCUT2D eigenvalue weighted by Gasteiger charge is 2.21. The van der Waals surface area contributed by atoms with E-state index in [1.54, 1.807) is 32.0 Å². The van der Waals surface area contributed by atoms with Gasteiger partial charge in [-0.05, 0) is 43.7 Å². The van der Waals surface area contributed by atoms with E-state index >= 15 is 0 Å². The number of nitrogens with zero attached hydrogens (tertiary/aromatic N) is 1. The van der Waals surface area contributed by atoms with Crippen LogP contribution in [0.15, 0.2) is 41.3 Å². The van der Waals surface area contributed by atoms with Crippen LogP contribution in [0, 0.1) is 25.2 Å². The predicted molar refractivity (Wildman–Crippen MR) is 91.0 cm³/mol. The molecular weight excluding hydrogens is 344 g/mol. The summed E-state index contributed by atoms with van der Waals surface area (Å²) < 4.78 is 32.9. The molecule has 0 saturated heterocycles. The standard InChI is InChI=1S/C17H16N2O5S/c1-11-6-7-15(12(2)17(11)24-10-16(20)21)25(22,23)19-14-5-3-4-13(8-14)9-18/h3-8,19H,10H2,1-2H3,(H,20,21). The minimum absolute atomic E-state index is 0.0270. The van der Waals surface area contributed by atoms with Crippen molar-refractivity contribution in [1.29, 1.82) is 5.26 Å². The first-order valence-electron chi connectivity index (χ1n) is 7.22. The molecule has 0 amide bonds. The van der Waals surface area contributed by atoms with E-state index in [-0.39, 0.29) is 16.3 Å². The van der Waals surface area contributed by atoms with E-state index in [4.69, 9.17) is 15.1 Å². The van der Waals surface area contributed by atoms with Crippen molar-refractivity contribution >= 4 is 21.7 Å². The number of rotatable bonds is 6. The van der Waals surface area contributed by atoms with E-state index in [1.165, 1.54) is 18.2 Å². The van der Waals surface area contributed by atoms with Gasteiger partial charge in [0.05, 0.1) is 22.2 Å². The van der Waals surface area contributed by atoms with Crippen molar-refractivity contribution in [1.82, 2.24) is 0 Å². The van der Waals surface area contributed by atoms with Gasteiger partial charge in [-0.15, -0.1) is 0 Å². The van der Waals surface area contributed by atoms with E-state index in [9.17, 15) is 13.2 Å². The Morgan fingerprint density at radius 1 is 1.28 bits per heavy atom. The molecule has 7 nitrogen and oxygen atoms in total. The lowest BCUT2D eigenvalue weighted by Crippen LogP contribution is -2.16. The van der Waals surface area contributed by atoms with Gasteiger partial charge in [0.25, 0.3) is 10.0 Å². The van der Waals surface area contributed by atoms with Gasteiger partial charge >= 0.3 is 5.97 Å². The highest BCUT2D eigenvalue weighted by Crippen LogP contribution is 2.30. The van der Waals surface area contributed by atoms with Gasteiger partial charge < -0.3 is 9.84 Å². The van der Waals surface area contributed by atoms with Crippen LogP contribution in [-0.2, 0) is 14.8 Å². The van der Waals surface area contributed by atoms with Gasteiger partial charge in [-0.2, -0.15) is 5.26 Å². The monoisotopic (exact) mass is 360 g/mol. The minimum Gasteiger partial charge on any atom is -0.481 e. The second-order valence-corrected chi connectivity index (χ2v) is 6.97. The molecule has 2 N–H and O–H groups in total. The van der Waals surface area contributed by atoms with E-state index in [2.05, 4.69) is 4.72 Å². The third-order valence-corrected chi connectivity index (χ3v) is 4.95. The van der Waals surface area contributed by atoms with Crippen molar-refractivity contribution in [2.24, 2.45) is 0 Å². The first kappa shape index (κ1) is 18.3. The molecule has 2 aromatic carbocycles. The van der Waals surface area contributed by atoms with Crippen LogP contribution in [-0.4, -0.2) is 26.1 Å². The summed E-state index contributed by atoms with van der Waals surface area (Å²) in [4.78, 5) is 10.7. The summed E-state index contributed by atoms with van der Waals surface area (Å²) in [5.41, 5.74) is 1.52. The number of sulfonamides is 1. The summed E-state index contributed by atoms with van der Waals surface area (Å²) in [6.07, 6.45) is 0. The Kier molecular flexibility index (Phi) is 5.29. The zero-order valence-electron chi connectivity index (χ0n) is 13.6. The second kappa shape index (κ2) is 7.23. The van der Waals surface area contributed by atoms with Crippen LogP contribution in [0.25, 0.3) is 0 Å². The average molecular weight is 360 g/mol. The van der Waals surface area contributed by atoms with Crippen LogP contribution < -0.4 is 9.46 Å². The number of ether oxygens (including phenoxy) is 1. The topological polar surface area (TPSA) is 116 Å². The Morgan fingerprint density at radius 2 is 2.00 bits per heavy atom. The van der Waals surface area contributed by atoms with Gasteiger partial charge in [-0.1, -0.05) is 12.1 Å². The van der Waals surface area contributed by atoms with Crippen LogP contribution in [0.5, 0.6) is 5.75 Å². The zero-order valence-corrected chi connectivity index (χ0v) is 14.4. The number of benzene rings is 2. The molecule has 0 aromatic heterocycles. The molecule has 0 aliphatic heterocycles. The smallest absolute Gasteiger partial charge is 0.341 e. The van der Waals surface area contributed by atoms with E-state index < -0.39 is 22.6 Å². The summed E-state index contributed by atoms with van der Waals surface area (Å²) in [6.45, 7) is 2.68. The fraction of sp³-hybridized carbons (Fsp3) is 0.176. The van der Waals surface area contributed by atoms with Crippen molar-refractivity contribution in [2.45, 2.75) is 18.7 Å². The Morgan fingerprint density at radius 3 is 2.64 bits per heavy atom. The maximum Gasteiger partial charge on any atom is 0.341 e. The molecule has 0 aliphatic rings. The molecule has 0 saturated carbocycles. The number of carboxylic acid groups (broad SMARTS) is 1. The first-order valence-corrected chi connectivity index (χ1v) is 8.70. The Bertz CT molecular complexity index is 961. The van der Waals surface area contributed by atoms with Crippen molar-refractivity contribution in [3.05, 3.63) is 53.1 Å². The lowest BCUT2D eigenvalue weighted by atomic mass is 10.1. The molecule has 0 fully saturated rings. The number of anilines is 1. The molecule has 0 spiro atoms. The third kappa shape index (κ3) is 4.28. The number of hydrogen-bond acceptors (Lipinski definition) is 5. The predicted octanol–water partition coefficient (Wildman–Crippen LogP) is 2.44. The van der Waals surface area contributed by atoms with Gasteiger partial charge in [0.2, 0.25) is 0 Å². The van der Waals surface area contributed by atoms with Crippen molar-refractivity contribution in [2.75, 3.05) is 11.3 Å². The van der Waals surface area contributed by atoms with E-state index in [0.29, 0.717) is 16.7 Å². The zero-order chi connectivity index (χ0) is 18.6. The summed E-state index contributed by atoms with van der Waals surface area (Å²) in [7, 11) is -3.93. The number of aliphatic carboxylic acids is 1. The lowest BCUT2D eigenvalue weighted by Gasteiger charge is -2.15. The maximum absolute atomic E-state index is 12.7. The molecule has 0 radical (unpaired) electrons. The third-order valence-electron chi connectivity index (χ3n) is 3.43. The fourth-order valence-corrected chi connectivity index (χ4v) is 3.61. The highest BCUT2D eigenvalue weighted by atomic mass is 32.2. The SMILES string of the molecule is Cc1ccc(S(=O)(=O)Nc2cccc(C#N)c2)c(C)c1OCC(=O)O. The summed E-state index contributed by atoms with van der Waals surface area (Å²) in [5, 5.41) is 17.6. The average Bonchev–Trinajstić information content (AvgIpc) is 2.53.